The molecule has 3 aliphatic carbocycles. The van der Waals surface area contributed by atoms with Crippen molar-refractivity contribution >= 4 is 11.8 Å². The van der Waals surface area contributed by atoms with Crippen molar-refractivity contribution in [2.75, 3.05) is 0 Å². The van der Waals surface area contributed by atoms with Crippen molar-refractivity contribution in [3.8, 4) is 0 Å². The zero-order valence-corrected chi connectivity index (χ0v) is 26.0. The van der Waals surface area contributed by atoms with Crippen molar-refractivity contribution in [2.24, 2.45) is 39.9 Å². The molecule has 1 spiro atoms. The number of carbonyl (C=O) groups is 2. The van der Waals surface area contributed by atoms with Gasteiger partial charge < -0.3 is 24.8 Å². The molecule has 1 aliphatic heterocycles. The normalized spacial score (nSPS) is 45.6. The number of aliphatic hydroxyl groups is 3. The van der Waals surface area contributed by atoms with Gasteiger partial charge in [0.25, 0.3) is 0 Å². The van der Waals surface area contributed by atoms with Crippen LogP contribution >= 0.6 is 0 Å². The summed E-state index contributed by atoms with van der Waals surface area (Å²) in [5.74, 6) is 0.230. The van der Waals surface area contributed by atoms with Crippen LogP contribution in [-0.4, -0.2) is 62.2 Å². The Morgan fingerprint density at radius 3 is 2.33 bits per heavy atom. The van der Waals surface area contributed by atoms with E-state index in [1.54, 1.807) is 0 Å². The first-order chi connectivity index (χ1) is 17.7. The van der Waals surface area contributed by atoms with Crippen LogP contribution in [-0.2, 0) is 19.1 Å². The average molecular weight is 551 g/mol. The highest BCUT2D eigenvalue weighted by molar-refractivity contribution is 5.85. The molecule has 4 aliphatic rings. The van der Waals surface area contributed by atoms with Crippen LogP contribution in [0.1, 0.15) is 114 Å². The van der Waals surface area contributed by atoms with Gasteiger partial charge in [0, 0.05) is 25.2 Å². The fourth-order valence-electron chi connectivity index (χ4n) is 10.6. The highest BCUT2D eigenvalue weighted by Gasteiger charge is 2.80. The summed E-state index contributed by atoms with van der Waals surface area (Å²) in [7, 11) is 0. The standard InChI is InChI=1S/C32H54O7/c1-11-31(18(2)16-21(34)26(28(7,8)37)38-20(4)33)32(39-31)17-22(35)25-29(9,19(32)3)14-12-23-27(5,6)24(36)13-15-30(23,25)10/h18-19,21-23,25-26,34-35,37H,11-17H2,1-10H3. The fraction of sp³-hybridized carbons (Fsp3) is 0.938. The van der Waals surface area contributed by atoms with Crippen molar-refractivity contribution < 1.29 is 34.4 Å². The number of ether oxygens (including phenoxy) is 2. The summed E-state index contributed by atoms with van der Waals surface area (Å²) in [6.07, 6.45) is 2.25. The van der Waals surface area contributed by atoms with Gasteiger partial charge in [-0.15, -0.1) is 0 Å². The van der Waals surface area contributed by atoms with Crippen LogP contribution < -0.4 is 0 Å². The minimum Gasteiger partial charge on any atom is -0.457 e. The SMILES string of the molecule is CCC1(C(C)CC(O)C(OC(C)=O)C(C)(C)O)OC12CC(O)C1C3(C)CCC(=O)C(C)(C)C3CCC1(C)C2C. The molecule has 0 radical (unpaired) electrons. The lowest BCUT2D eigenvalue weighted by Crippen LogP contribution is -2.66. The summed E-state index contributed by atoms with van der Waals surface area (Å²) in [5.41, 5.74) is -3.08. The minimum absolute atomic E-state index is 0.0833. The van der Waals surface area contributed by atoms with Gasteiger partial charge in [0.05, 0.1) is 17.8 Å². The van der Waals surface area contributed by atoms with Gasteiger partial charge in [-0.25, -0.2) is 0 Å². The molecule has 11 atom stereocenters. The van der Waals surface area contributed by atoms with Crippen molar-refractivity contribution in [3.63, 3.8) is 0 Å². The zero-order chi connectivity index (χ0) is 29.6. The van der Waals surface area contributed by atoms with E-state index >= 15 is 0 Å². The van der Waals surface area contributed by atoms with Gasteiger partial charge in [-0.1, -0.05) is 48.5 Å². The molecule has 1 heterocycles. The Hall–Kier alpha value is -1.02. The van der Waals surface area contributed by atoms with Gasteiger partial charge in [-0.05, 0) is 80.5 Å². The number of carbonyl (C=O) groups excluding carboxylic acids is 2. The maximum absolute atomic E-state index is 12.9. The lowest BCUT2D eigenvalue weighted by Gasteiger charge is -2.67. The molecule has 11 unspecified atom stereocenters. The number of aliphatic hydroxyl groups excluding tert-OH is 2. The van der Waals surface area contributed by atoms with Gasteiger partial charge in [0.2, 0.25) is 0 Å². The van der Waals surface area contributed by atoms with Crippen LogP contribution in [0, 0.1) is 39.9 Å². The Morgan fingerprint density at radius 1 is 1.18 bits per heavy atom. The lowest BCUT2D eigenvalue weighted by molar-refractivity contribution is -0.213. The van der Waals surface area contributed by atoms with Crippen LogP contribution in [0.3, 0.4) is 0 Å². The van der Waals surface area contributed by atoms with E-state index < -0.39 is 41.1 Å². The van der Waals surface area contributed by atoms with Crippen molar-refractivity contribution in [2.45, 2.75) is 149 Å². The first kappa shape index (κ1) is 30.9. The molecule has 0 bridgehead atoms. The van der Waals surface area contributed by atoms with Crippen LogP contribution in [0.5, 0.6) is 0 Å². The van der Waals surface area contributed by atoms with Crippen LogP contribution in [0.25, 0.3) is 0 Å². The second-order valence-electron chi connectivity index (χ2n) is 15.3. The molecule has 7 nitrogen and oxygen atoms in total. The molecule has 4 rings (SSSR count). The minimum atomic E-state index is -1.40. The maximum Gasteiger partial charge on any atom is 0.303 e. The Balaban J connectivity index is 1.62. The summed E-state index contributed by atoms with van der Waals surface area (Å²) in [6.45, 7) is 19.7. The largest absolute Gasteiger partial charge is 0.457 e. The first-order valence-corrected chi connectivity index (χ1v) is 15.2. The van der Waals surface area contributed by atoms with Gasteiger partial charge in [0.1, 0.15) is 17.0 Å². The molecule has 3 N–H and O–H groups in total. The molecule has 0 amide bonds. The predicted octanol–water partition coefficient (Wildman–Crippen LogP) is 4.82. The molecular formula is C32H54O7. The molecule has 224 valence electrons. The number of fused-ring (bicyclic) bond motifs is 3. The number of rotatable bonds is 7. The predicted molar refractivity (Wildman–Crippen MR) is 149 cm³/mol. The lowest BCUT2D eigenvalue weighted by atomic mass is 9.37. The van der Waals surface area contributed by atoms with E-state index in [1.807, 2.05) is 0 Å². The van der Waals surface area contributed by atoms with Crippen LogP contribution in [0.4, 0.5) is 0 Å². The summed E-state index contributed by atoms with van der Waals surface area (Å²) >= 11 is 0. The van der Waals surface area contributed by atoms with Gasteiger partial charge >= 0.3 is 5.97 Å². The van der Waals surface area contributed by atoms with E-state index in [1.165, 1.54) is 20.8 Å². The van der Waals surface area contributed by atoms with Gasteiger partial charge in [-0.3, -0.25) is 9.59 Å². The van der Waals surface area contributed by atoms with Crippen molar-refractivity contribution in [3.05, 3.63) is 0 Å². The number of esters is 1. The Kier molecular flexibility index (Phi) is 7.54. The van der Waals surface area contributed by atoms with E-state index in [0.717, 1.165) is 25.7 Å². The average Bonchev–Trinajstić information content (AvgIpc) is 3.46. The third kappa shape index (κ3) is 4.35. The van der Waals surface area contributed by atoms with Gasteiger partial charge in [-0.2, -0.15) is 0 Å². The van der Waals surface area contributed by atoms with Gasteiger partial charge in [0.15, 0.2) is 6.10 Å². The molecule has 0 aromatic heterocycles. The number of epoxide rings is 1. The van der Waals surface area contributed by atoms with E-state index in [2.05, 4.69) is 48.5 Å². The van der Waals surface area contributed by atoms with E-state index in [-0.39, 0.29) is 39.9 Å². The molecular weight excluding hydrogens is 496 g/mol. The second-order valence-corrected chi connectivity index (χ2v) is 15.3. The molecule has 3 saturated carbocycles. The molecule has 1 saturated heterocycles. The molecule has 7 heteroatoms. The number of hydrogen-bond acceptors (Lipinski definition) is 7. The second kappa shape index (κ2) is 9.50. The number of hydrogen-bond donors (Lipinski definition) is 3. The Morgan fingerprint density at radius 2 is 1.79 bits per heavy atom. The fourth-order valence-corrected chi connectivity index (χ4v) is 10.6. The number of Topliss-reactive ketones (excluding diaryl/α,β-unsaturated/α-hetero) is 1. The topological polar surface area (TPSA) is 117 Å². The molecule has 39 heavy (non-hydrogen) atoms. The quantitative estimate of drug-likeness (QED) is 0.307. The van der Waals surface area contributed by atoms with Crippen LogP contribution in [0.15, 0.2) is 0 Å². The summed E-state index contributed by atoms with van der Waals surface area (Å²) in [4.78, 5) is 24.6. The molecule has 0 aromatic carbocycles. The van der Waals surface area contributed by atoms with E-state index in [4.69, 9.17) is 9.47 Å². The molecule has 0 aromatic rings. The highest BCUT2D eigenvalue weighted by atomic mass is 16.6. The monoisotopic (exact) mass is 550 g/mol. The molecule has 4 fully saturated rings. The van der Waals surface area contributed by atoms with E-state index in [9.17, 15) is 24.9 Å². The zero-order valence-electron chi connectivity index (χ0n) is 26.0. The van der Waals surface area contributed by atoms with Crippen molar-refractivity contribution in [1.82, 2.24) is 0 Å². The third-order valence-corrected chi connectivity index (χ3v) is 12.5. The third-order valence-electron chi connectivity index (χ3n) is 12.5. The highest BCUT2D eigenvalue weighted by Crippen LogP contribution is 2.75. The van der Waals surface area contributed by atoms with E-state index in [0.29, 0.717) is 25.0 Å². The Bertz CT molecular complexity index is 985. The van der Waals surface area contributed by atoms with Crippen molar-refractivity contribution in [1.29, 1.82) is 0 Å². The summed E-state index contributed by atoms with van der Waals surface area (Å²) < 4.78 is 12.2. The smallest absolute Gasteiger partial charge is 0.303 e. The number of ketones is 1. The maximum atomic E-state index is 12.9. The summed E-state index contributed by atoms with van der Waals surface area (Å²) in [6, 6.07) is 0. The Labute approximate surface area is 235 Å². The summed E-state index contributed by atoms with van der Waals surface area (Å²) in [5, 5.41) is 33.8. The first-order valence-electron chi connectivity index (χ1n) is 15.2. The van der Waals surface area contributed by atoms with Crippen LogP contribution in [0.2, 0.25) is 0 Å².